The Morgan fingerprint density at radius 1 is 1.53 bits per heavy atom. The van der Waals surface area contributed by atoms with Crippen LogP contribution in [-0.4, -0.2) is 32.8 Å². The van der Waals surface area contributed by atoms with Crippen molar-refractivity contribution in [2.45, 2.75) is 38.1 Å². The monoisotopic (exact) mass is 268 g/mol. The molecule has 1 aliphatic rings. The number of nitrogens with zero attached hydrogens (tertiary/aromatic N) is 2. The number of anilines is 1. The molecule has 8 heteroatoms. The van der Waals surface area contributed by atoms with E-state index in [9.17, 15) is 14.7 Å². The van der Waals surface area contributed by atoms with Crippen LogP contribution in [-0.2, 0) is 4.79 Å². The van der Waals surface area contributed by atoms with Crippen molar-refractivity contribution in [3.8, 4) is 0 Å². The molecule has 4 N–H and O–H groups in total. The Labute approximate surface area is 109 Å². The number of nitrogens with one attached hydrogen (secondary N) is 1. The first-order valence-electron chi connectivity index (χ1n) is 6.08. The van der Waals surface area contributed by atoms with E-state index in [0.717, 1.165) is 12.8 Å². The molecule has 1 aromatic heterocycles. The van der Waals surface area contributed by atoms with Gasteiger partial charge in [0.2, 0.25) is 11.5 Å². The van der Waals surface area contributed by atoms with Crippen LogP contribution >= 0.6 is 0 Å². The van der Waals surface area contributed by atoms with Crippen molar-refractivity contribution >= 4 is 17.7 Å². The quantitative estimate of drug-likeness (QED) is 0.723. The molecule has 104 valence electrons. The highest BCUT2D eigenvalue weighted by molar-refractivity contribution is 5.99. The standard InChI is InChI=1S/C11H16N4O4/c1-6-3-2-4-11(5-6,10(17)18)13-9(16)7-8(12)15-19-14-7/h6H,2-5H2,1H3,(H2,12,15)(H,13,16)(H,17,18). The second kappa shape index (κ2) is 4.87. The third-order valence-corrected chi connectivity index (χ3v) is 3.49. The number of carboxylic acid groups (broad SMARTS) is 1. The van der Waals surface area contributed by atoms with Gasteiger partial charge in [-0.1, -0.05) is 19.8 Å². The van der Waals surface area contributed by atoms with Crippen LogP contribution in [0.3, 0.4) is 0 Å². The molecular weight excluding hydrogens is 252 g/mol. The zero-order valence-corrected chi connectivity index (χ0v) is 10.5. The first-order valence-corrected chi connectivity index (χ1v) is 6.08. The zero-order chi connectivity index (χ0) is 14.0. The van der Waals surface area contributed by atoms with Gasteiger partial charge in [0.05, 0.1) is 0 Å². The van der Waals surface area contributed by atoms with Gasteiger partial charge in [-0.3, -0.25) is 4.79 Å². The van der Waals surface area contributed by atoms with Crippen LogP contribution in [0, 0.1) is 5.92 Å². The Morgan fingerprint density at radius 2 is 2.26 bits per heavy atom. The number of rotatable bonds is 3. The number of aliphatic carboxylic acids is 1. The maximum atomic E-state index is 12.0. The van der Waals surface area contributed by atoms with E-state index < -0.39 is 17.4 Å². The summed E-state index contributed by atoms with van der Waals surface area (Å²) in [6.07, 6.45) is 2.49. The summed E-state index contributed by atoms with van der Waals surface area (Å²) in [5.74, 6) is -1.63. The first kappa shape index (κ1) is 13.3. The van der Waals surface area contributed by atoms with Gasteiger partial charge < -0.3 is 16.2 Å². The van der Waals surface area contributed by atoms with Gasteiger partial charge >= 0.3 is 5.97 Å². The largest absolute Gasteiger partial charge is 0.480 e. The van der Waals surface area contributed by atoms with Crippen LogP contribution in [0.5, 0.6) is 0 Å². The van der Waals surface area contributed by atoms with Gasteiger partial charge in [0, 0.05) is 0 Å². The molecule has 0 spiro atoms. The highest BCUT2D eigenvalue weighted by Gasteiger charge is 2.44. The molecule has 0 saturated heterocycles. The van der Waals surface area contributed by atoms with Crippen molar-refractivity contribution in [2.24, 2.45) is 5.92 Å². The third-order valence-electron chi connectivity index (χ3n) is 3.49. The highest BCUT2D eigenvalue weighted by atomic mass is 16.6. The molecule has 1 amide bonds. The number of carbonyl (C=O) groups excluding carboxylic acids is 1. The zero-order valence-electron chi connectivity index (χ0n) is 10.5. The smallest absolute Gasteiger partial charge is 0.329 e. The number of hydrogen-bond donors (Lipinski definition) is 3. The second-order valence-electron chi connectivity index (χ2n) is 5.04. The summed E-state index contributed by atoms with van der Waals surface area (Å²) in [6, 6.07) is 0. The van der Waals surface area contributed by atoms with E-state index in [1.54, 1.807) is 0 Å². The number of hydrogen-bond acceptors (Lipinski definition) is 6. The normalized spacial score (nSPS) is 26.9. The van der Waals surface area contributed by atoms with Gasteiger partial charge in [0.1, 0.15) is 5.54 Å². The molecule has 0 bridgehead atoms. The summed E-state index contributed by atoms with van der Waals surface area (Å²) in [4.78, 5) is 23.5. The van der Waals surface area contributed by atoms with E-state index in [-0.39, 0.29) is 17.4 Å². The van der Waals surface area contributed by atoms with Crippen LogP contribution < -0.4 is 11.1 Å². The van der Waals surface area contributed by atoms with Crippen molar-refractivity contribution in [1.29, 1.82) is 0 Å². The van der Waals surface area contributed by atoms with Crippen molar-refractivity contribution < 1.29 is 19.3 Å². The second-order valence-corrected chi connectivity index (χ2v) is 5.04. The highest BCUT2D eigenvalue weighted by Crippen LogP contribution is 2.32. The summed E-state index contributed by atoms with van der Waals surface area (Å²) in [5.41, 5.74) is 3.97. The number of nitrogen functional groups attached to an aromatic ring is 1. The molecule has 8 nitrogen and oxygen atoms in total. The van der Waals surface area contributed by atoms with Crippen LogP contribution in [0.15, 0.2) is 4.63 Å². The molecule has 19 heavy (non-hydrogen) atoms. The predicted octanol–water partition coefficient (Wildman–Crippen LogP) is 0.415. The molecule has 0 aromatic carbocycles. The Hall–Kier alpha value is -2.12. The maximum Gasteiger partial charge on any atom is 0.329 e. The summed E-state index contributed by atoms with van der Waals surface area (Å²) in [5, 5.41) is 18.6. The minimum Gasteiger partial charge on any atom is -0.480 e. The van der Waals surface area contributed by atoms with Gasteiger partial charge in [-0.15, -0.1) is 0 Å². The number of aromatic nitrogens is 2. The van der Waals surface area contributed by atoms with E-state index in [0.29, 0.717) is 12.8 Å². The average molecular weight is 268 g/mol. The Morgan fingerprint density at radius 3 is 2.79 bits per heavy atom. The Balaban J connectivity index is 2.20. The molecule has 2 atom stereocenters. The van der Waals surface area contributed by atoms with Crippen molar-refractivity contribution in [3.63, 3.8) is 0 Å². The van der Waals surface area contributed by atoms with Crippen molar-refractivity contribution in [2.75, 3.05) is 5.73 Å². The minimum atomic E-state index is -1.26. The lowest BCUT2D eigenvalue weighted by molar-refractivity contribution is -0.146. The summed E-state index contributed by atoms with van der Waals surface area (Å²) >= 11 is 0. The molecule has 1 aromatic rings. The minimum absolute atomic E-state index is 0.151. The topological polar surface area (TPSA) is 131 Å². The number of carbonyl (C=O) groups is 2. The van der Waals surface area contributed by atoms with Gasteiger partial charge in [0.15, 0.2) is 0 Å². The summed E-state index contributed by atoms with van der Waals surface area (Å²) in [7, 11) is 0. The molecular formula is C11H16N4O4. The molecule has 2 unspecified atom stereocenters. The van der Waals surface area contributed by atoms with E-state index in [2.05, 4.69) is 20.3 Å². The molecule has 1 fully saturated rings. The van der Waals surface area contributed by atoms with E-state index in [1.807, 2.05) is 6.92 Å². The molecule has 1 heterocycles. The van der Waals surface area contributed by atoms with Crippen LogP contribution in [0.4, 0.5) is 5.82 Å². The fourth-order valence-corrected chi connectivity index (χ4v) is 2.54. The Kier molecular flexibility index (Phi) is 3.41. The SMILES string of the molecule is CC1CCCC(NC(=O)c2nonc2N)(C(=O)O)C1. The molecule has 0 aliphatic heterocycles. The summed E-state index contributed by atoms with van der Waals surface area (Å²) < 4.78 is 4.34. The van der Waals surface area contributed by atoms with Gasteiger partial charge in [-0.05, 0) is 29.1 Å². The van der Waals surface area contributed by atoms with E-state index >= 15 is 0 Å². The van der Waals surface area contributed by atoms with Crippen molar-refractivity contribution in [1.82, 2.24) is 15.6 Å². The predicted molar refractivity (Wildman–Crippen MR) is 64.2 cm³/mol. The molecule has 1 aliphatic carbocycles. The maximum absolute atomic E-state index is 12.0. The van der Waals surface area contributed by atoms with E-state index in [4.69, 9.17) is 5.73 Å². The van der Waals surface area contributed by atoms with Gasteiger partial charge in [-0.25, -0.2) is 9.42 Å². The lowest BCUT2D eigenvalue weighted by atomic mass is 9.76. The fourth-order valence-electron chi connectivity index (χ4n) is 2.54. The first-order chi connectivity index (χ1) is 8.94. The molecule has 0 radical (unpaired) electrons. The number of nitrogens with two attached hydrogens (primary N) is 1. The lowest BCUT2D eigenvalue weighted by Gasteiger charge is -2.36. The molecule has 1 saturated carbocycles. The Bertz CT molecular complexity index is 501. The van der Waals surface area contributed by atoms with Crippen LogP contribution in [0.2, 0.25) is 0 Å². The lowest BCUT2D eigenvalue weighted by Crippen LogP contribution is -2.56. The summed E-state index contributed by atoms with van der Waals surface area (Å²) in [6.45, 7) is 1.97. The van der Waals surface area contributed by atoms with Gasteiger partial charge in [-0.2, -0.15) is 0 Å². The van der Waals surface area contributed by atoms with Crippen LogP contribution in [0.1, 0.15) is 43.1 Å². The van der Waals surface area contributed by atoms with E-state index in [1.165, 1.54) is 0 Å². The number of carboxylic acids is 1. The fraction of sp³-hybridized carbons (Fsp3) is 0.636. The van der Waals surface area contributed by atoms with Crippen molar-refractivity contribution in [3.05, 3.63) is 5.69 Å². The molecule has 2 rings (SSSR count). The average Bonchev–Trinajstić information content (AvgIpc) is 2.75. The van der Waals surface area contributed by atoms with Gasteiger partial charge in [0.25, 0.3) is 5.91 Å². The van der Waals surface area contributed by atoms with Crippen LogP contribution in [0.25, 0.3) is 0 Å². The third kappa shape index (κ3) is 2.51. The number of amides is 1.